The highest BCUT2D eigenvalue weighted by molar-refractivity contribution is 5.77. The Labute approximate surface area is 194 Å². The van der Waals surface area contributed by atoms with Gasteiger partial charge in [0, 0.05) is 5.56 Å². The molecule has 0 unspecified atom stereocenters. The number of carboxylic acid groups (broad SMARTS) is 1. The minimum Gasteiger partial charge on any atom is -0.491 e. The number of nitrogens with zero attached hydrogens (tertiary/aromatic N) is 1. The number of halogens is 3. The Morgan fingerprint density at radius 3 is 2.32 bits per heavy atom. The zero-order valence-corrected chi connectivity index (χ0v) is 19.1. The van der Waals surface area contributed by atoms with E-state index in [4.69, 9.17) is 13.9 Å². The number of aromatic nitrogens is 1. The fourth-order valence-electron chi connectivity index (χ4n) is 2.98. The van der Waals surface area contributed by atoms with Gasteiger partial charge < -0.3 is 24.3 Å². The van der Waals surface area contributed by atoms with Gasteiger partial charge in [-0.3, -0.25) is 0 Å². The van der Waals surface area contributed by atoms with Crippen LogP contribution in [0.15, 0.2) is 47.1 Å². The molecule has 7 nitrogen and oxygen atoms in total. The first-order valence-corrected chi connectivity index (χ1v) is 10.4. The number of rotatable bonds is 9. The summed E-state index contributed by atoms with van der Waals surface area (Å²) >= 11 is 0. The van der Waals surface area contributed by atoms with Crippen LogP contribution in [0.2, 0.25) is 0 Å². The quantitative estimate of drug-likeness (QED) is 0.381. The van der Waals surface area contributed by atoms with Crippen molar-refractivity contribution in [3.8, 4) is 22.8 Å². The molecule has 34 heavy (non-hydrogen) atoms. The van der Waals surface area contributed by atoms with Crippen LogP contribution in [-0.2, 0) is 11.0 Å². The Hall–Kier alpha value is -3.69. The number of hydrogen-bond donors (Lipinski definition) is 2. The fraction of sp³-hybridized carbons (Fsp3) is 0.333. The zero-order valence-electron chi connectivity index (χ0n) is 19.1. The molecule has 2 aromatic carbocycles. The Balaban J connectivity index is 1.55. The molecule has 0 bridgehead atoms. The number of nitrogens with one attached hydrogen (secondary N) is 1. The van der Waals surface area contributed by atoms with Gasteiger partial charge in [-0.15, -0.1) is 0 Å². The van der Waals surface area contributed by atoms with Gasteiger partial charge in [-0.25, -0.2) is 4.79 Å². The highest BCUT2D eigenvalue weighted by atomic mass is 19.4. The Morgan fingerprint density at radius 1 is 1.09 bits per heavy atom. The van der Waals surface area contributed by atoms with Crippen molar-refractivity contribution in [3.63, 3.8) is 0 Å². The van der Waals surface area contributed by atoms with E-state index in [0.29, 0.717) is 29.3 Å². The van der Waals surface area contributed by atoms with Crippen LogP contribution in [0, 0.1) is 13.8 Å². The fourth-order valence-corrected chi connectivity index (χ4v) is 2.98. The van der Waals surface area contributed by atoms with E-state index in [2.05, 4.69) is 10.3 Å². The Morgan fingerprint density at radius 2 is 1.71 bits per heavy atom. The normalized spacial score (nSPS) is 11.9. The molecule has 0 saturated carbocycles. The number of ether oxygens (including phenoxy) is 2. The van der Waals surface area contributed by atoms with Crippen molar-refractivity contribution in [2.24, 2.45) is 0 Å². The number of aryl methyl sites for hydroxylation is 2. The largest absolute Gasteiger partial charge is 0.491 e. The molecular formula is C24H25F3N2O5. The van der Waals surface area contributed by atoms with Crippen molar-refractivity contribution in [3.05, 3.63) is 59.4 Å². The highest BCUT2D eigenvalue weighted by Gasteiger charge is 2.31. The van der Waals surface area contributed by atoms with Crippen molar-refractivity contribution in [1.29, 1.82) is 0 Å². The third-order valence-corrected chi connectivity index (χ3v) is 5.00. The molecule has 3 rings (SSSR count). The number of anilines is 1. The van der Waals surface area contributed by atoms with E-state index >= 15 is 0 Å². The maximum absolute atomic E-state index is 12.7. The summed E-state index contributed by atoms with van der Waals surface area (Å²) in [4.78, 5) is 15.5. The average Bonchev–Trinajstić information content (AvgIpc) is 3.22. The lowest BCUT2D eigenvalue weighted by Crippen LogP contribution is -2.38. The molecule has 0 aliphatic heterocycles. The second-order valence-corrected chi connectivity index (χ2v) is 8.19. The molecule has 0 aliphatic carbocycles. The first-order valence-electron chi connectivity index (χ1n) is 10.4. The predicted molar refractivity (Wildman–Crippen MR) is 119 cm³/mol. The van der Waals surface area contributed by atoms with Gasteiger partial charge in [0.1, 0.15) is 30.1 Å². The number of benzene rings is 2. The summed E-state index contributed by atoms with van der Waals surface area (Å²) in [6, 6.07) is 8.38. The molecule has 0 atom stereocenters. The summed E-state index contributed by atoms with van der Waals surface area (Å²) in [5, 5.41) is 12.2. The van der Waals surface area contributed by atoms with Gasteiger partial charge in [-0.05, 0) is 63.1 Å². The lowest BCUT2D eigenvalue weighted by Gasteiger charge is -2.23. The van der Waals surface area contributed by atoms with Crippen LogP contribution in [0.5, 0.6) is 11.5 Å². The SMILES string of the molecule is Cc1cc(OC(C)(C)C(=O)O)c(C)cc1OCCNc1nc(-c2ccc(C(F)(F)F)cc2)co1. The zero-order chi connectivity index (χ0) is 25.1. The van der Waals surface area contributed by atoms with E-state index in [0.717, 1.165) is 23.3 Å². The lowest BCUT2D eigenvalue weighted by atomic mass is 10.1. The molecule has 0 radical (unpaired) electrons. The number of hydrogen-bond acceptors (Lipinski definition) is 6. The summed E-state index contributed by atoms with van der Waals surface area (Å²) in [5.41, 5.74) is 0.327. The molecular weight excluding hydrogens is 453 g/mol. The second kappa shape index (κ2) is 9.66. The summed E-state index contributed by atoms with van der Waals surface area (Å²) in [6.07, 6.45) is -3.04. The Bertz CT molecular complexity index is 1150. The molecule has 3 aromatic rings. The maximum atomic E-state index is 12.7. The van der Waals surface area contributed by atoms with E-state index < -0.39 is 23.3 Å². The number of oxazole rings is 1. The van der Waals surface area contributed by atoms with Crippen LogP contribution in [0.4, 0.5) is 19.2 Å². The second-order valence-electron chi connectivity index (χ2n) is 8.19. The van der Waals surface area contributed by atoms with Crippen molar-refractivity contribution in [1.82, 2.24) is 4.98 Å². The average molecular weight is 478 g/mol. The smallest absolute Gasteiger partial charge is 0.416 e. The summed E-state index contributed by atoms with van der Waals surface area (Å²) in [7, 11) is 0. The molecule has 0 amide bonds. The van der Waals surface area contributed by atoms with E-state index in [1.165, 1.54) is 32.2 Å². The number of carboxylic acids is 1. The van der Waals surface area contributed by atoms with Gasteiger partial charge in [-0.1, -0.05) is 12.1 Å². The van der Waals surface area contributed by atoms with E-state index in [1.807, 2.05) is 6.92 Å². The minimum absolute atomic E-state index is 0.214. The molecule has 0 saturated heterocycles. The van der Waals surface area contributed by atoms with Gasteiger partial charge in [-0.2, -0.15) is 18.2 Å². The van der Waals surface area contributed by atoms with Gasteiger partial charge >= 0.3 is 12.1 Å². The van der Waals surface area contributed by atoms with Crippen LogP contribution in [0.3, 0.4) is 0 Å². The third kappa shape index (κ3) is 6.00. The molecule has 0 spiro atoms. The Kier molecular flexibility index (Phi) is 7.09. The van der Waals surface area contributed by atoms with Crippen LogP contribution in [0.25, 0.3) is 11.3 Å². The molecule has 0 aliphatic rings. The van der Waals surface area contributed by atoms with Crippen molar-refractivity contribution < 1.29 is 37.0 Å². The molecule has 10 heteroatoms. The number of carbonyl (C=O) groups is 1. The number of alkyl halides is 3. The standard InChI is InChI=1S/C24H25F3N2O5/c1-14-12-20(34-23(3,4)21(30)31)15(2)11-19(14)32-10-9-28-22-29-18(13-33-22)16-5-7-17(8-6-16)24(25,26)27/h5-8,11-13H,9-10H2,1-4H3,(H,28,29)(H,30,31). The molecule has 1 aromatic heterocycles. The summed E-state index contributed by atoms with van der Waals surface area (Å²) in [6.45, 7) is 7.22. The van der Waals surface area contributed by atoms with E-state index in [9.17, 15) is 23.1 Å². The van der Waals surface area contributed by atoms with Crippen molar-refractivity contribution >= 4 is 12.0 Å². The molecule has 2 N–H and O–H groups in total. The minimum atomic E-state index is -4.39. The summed E-state index contributed by atoms with van der Waals surface area (Å²) < 4.78 is 54.9. The van der Waals surface area contributed by atoms with E-state index in [-0.39, 0.29) is 12.6 Å². The topological polar surface area (TPSA) is 93.8 Å². The van der Waals surface area contributed by atoms with E-state index in [1.54, 1.807) is 19.1 Å². The first-order chi connectivity index (χ1) is 15.9. The van der Waals surface area contributed by atoms with Crippen LogP contribution < -0.4 is 14.8 Å². The maximum Gasteiger partial charge on any atom is 0.416 e. The lowest BCUT2D eigenvalue weighted by molar-refractivity contribution is -0.152. The van der Waals surface area contributed by atoms with Gasteiger partial charge in [0.2, 0.25) is 0 Å². The molecule has 1 heterocycles. The van der Waals surface area contributed by atoms with Gasteiger partial charge in [0.15, 0.2) is 5.60 Å². The van der Waals surface area contributed by atoms with Crippen LogP contribution in [0.1, 0.15) is 30.5 Å². The molecule has 182 valence electrons. The number of aliphatic carboxylic acids is 1. The predicted octanol–water partition coefficient (Wildman–Crippen LogP) is 5.71. The third-order valence-electron chi connectivity index (χ3n) is 5.00. The summed E-state index contributed by atoms with van der Waals surface area (Å²) in [5.74, 6) is 0.0209. The van der Waals surface area contributed by atoms with Gasteiger partial charge in [0.25, 0.3) is 6.01 Å². The van der Waals surface area contributed by atoms with Crippen LogP contribution >= 0.6 is 0 Å². The molecule has 0 fully saturated rings. The van der Waals surface area contributed by atoms with Crippen molar-refractivity contribution in [2.75, 3.05) is 18.5 Å². The van der Waals surface area contributed by atoms with Gasteiger partial charge in [0.05, 0.1) is 12.1 Å². The van der Waals surface area contributed by atoms with Crippen LogP contribution in [-0.4, -0.2) is 34.8 Å². The first kappa shape index (κ1) is 24.9. The highest BCUT2D eigenvalue weighted by Crippen LogP contribution is 2.32. The van der Waals surface area contributed by atoms with Crippen molar-refractivity contribution in [2.45, 2.75) is 39.5 Å². The monoisotopic (exact) mass is 478 g/mol.